The standard InChI is InChI=1S/C24H26ClFN4O2/c1-12(2)13-3-4-21(32-11-13)23-18(10-28-30-23)14-5-15-7-22(27-9-17(15)19(25)6-14)29-24(31)16-8-20(16)26/h5-7,9-10,12-13,16,20-21H,3-4,8,11H2,1-2H3,(H,28,30)(H,27,29,31)/t13-,16-,20+,21?/m1/s1. The van der Waals surface area contributed by atoms with Crippen molar-refractivity contribution in [2.24, 2.45) is 17.8 Å². The van der Waals surface area contributed by atoms with E-state index < -0.39 is 12.1 Å². The number of hydrogen-bond donors (Lipinski definition) is 2. The normalized spacial score (nSPS) is 25.3. The minimum atomic E-state index is -1.05. The summed E-state index contributed by atoms with van der Waals surface area (Å²) in [5.74, 6) is 0.671. The van der Waals surface area contributed by atoms with E-state index in [0.29, 0.717) is 22.7 Å². The van der Waals surface area contributed by atoms with Crippen LogP contribution in [0.1, 0.15) is 44.9 Å². The lowest BCUT2D eigenvalue weighted by Crippen LogP contribution is -2.24. The smallest absolute Gasteiger partial charge is 0.231 e. The number of H-pyrrole nitrogens is 1. The number of aromatic amines is 1. The van der Waals surface area contributed by atoms with Crippen molar-refractivity contribution in [2.75, 3.05) is 11.9 Å². The molecule has 32 heavy (non-hydrogen) atoms. The molecule has 1 aliphatic carbocycles. The Morgan fingerprint density at radius 2 is 2.09 bits per heavy atom. The van der Waals surface area contributed by atoms with E-state index >= 15 is 0 Å². The largest absolute Gasteiger partial charge is 0.372 e. The van der Waals surface area contributed by atoms with Crippen LogP contribution in [0.25, 0.3) is 21.9 Å². The minimum Gasteiger partial charge on any atom is -0.372 e. The fourth-order valence-corrected chi connectivity index (χ4v) is 4.66. The molecule has 1 saturated carbocycles. The van der Waals surface area contributed by atoms with Crippen molar-refractivity contribution in [1.82, 2.24) is 15.2 Å². The van der Waals surface area contributed by atoms with Crippen LogP contribution in [-0.4, -0.2) is 33.9 Å². The highest BCUT2D eigenvalue weighted by molar-refractivity contribution is 6.36. The van der Waals surface area contributed by atoms with Gasteiger partial charge in [0.25, 0.3) is 0 Å². The Hall–Kier alpha value is -2.51. The zero-order chi connectivity index (χ0) is 22.4. The van der Waals surface area contributed by atoms with Gasteiger partial charge in [-0.05, 0) is 60.2 Å². The molecule has 5 rings (SSSR count). The predicted octanol–water partition coefficient (Wildman–Crippen LogP) is 5.70. The van der Waals surface area contributed by atoms with E-state index in [2.05, 4.69) is 34.3 Å². The summed E-state index contributed by atoms with van der Waals surface area (Å²) in [5.41, 5.74) is 2.81. The Morgan fingerprint density at radius 1 is 1.28 bits per heavy atom. The maximum Gasteiger partial charge on any atom is 0.231 e. The van der Waals surface area contributed by atoms with Gasteiger partial charge in [0, 0.05) is 17.1 Å². The molecule has 6 nitrogen and oxygen atoms in total. The van der Waals surface area contributed by atoms with Gasteiger partial charge in [-0.25, -0.2) is 9.37 Å². The Balaban J connectivity index is 1.42. The molecule has 1 amide bonds. The van der Waals surface area contributed by atoms with Crippen LogP contribution < -0.4 is 5.32 Å². The molecule has 2 N–H and O–H groups in total. The number of amides is 1. The number of pyridine rings is 1. The number of halogens is 2. The zero-order valence-corrected chi connectivity index (χ0v) is 18.8. The van der Waals surface area contributed by atoms with Crippen LogP contribution in [-0.2, 0) is 9.53 Å². The monoisotopic (exact) mass is 456 g/mol. The van der Waals surface area contributed by atoms with Gasteiger partial charge in [0.2, 0.25) is 5.91 Å². The van der Waals surface area contributed by atoms with Gasteiger partial charge in [0.1, 0.15) is 12.0 Å². The number of rotatable bonds is 5. The van der Waals surface area contributed by atoms with Gasteiger partial charge in [-0.15, -0.1) is 0 Å². The van der Waals surface area contributed by atoms with Crippen LogP contribution >= 0.6 is 11.6 Å². The van der Waals surface area contributed by atoms with Gasteiger partial charge < -0.3 is 10.1 Å². The molecule has 1 aromatic carbocycles. The second kappa shape index (κ2) is 8.45. The molecule has 1 saturated heterocycles. The van der Waals surface area contributed by atoms with E-state index in [9.17, 15) is 9.18 Å². The molecule has 168 valence electrons. The summed E-state index contributed by atoms with van der Waals surface area (Å²) in [6.45, 7) is 5.22. The van der Waals surface area contributed by atoms with Crippen LogP contribution in [0, 0.1) is 17.8 Å². The molecule has 2 aliphatic rings. The number of carbonyl (C=O) groups excluding carboxylic acids is 1. The fourth-order valence-electron chi connectivity index (χ4n) is 4.39. The van der Waals surface area contributed by atoms with Crippen LogP contribution in [0.2, 0.25) is 5.02 Å². The molecule has 0 bridgehead atoms. The number of nitrogens with zero attached hydrogens (tertiary/aromatic N) is 2. The van der Waals surface area contributed by atoms with Gasteiger partial charge in [0.05, 0.1) is 35.5 Å². The lowest BCUT2D eigenvalue weighted by atomic mass is 9.87. The number of benzene rings is 1. The number of aromatic nitrogens is 3. The Kier molecular flexibility index (Phi) is 5.63. The Morgan fingerprint density at radius 3 is 2.78 bits per heavy atom. The van der Waals surface area contributed by atoms with Gasteiger partial charge in [-0.2, -0.15) is 5.10 Å². The van der Waals surface area contributed by atoms with E-state index in [1.807, 2.05) is 12.1 Å². The van der Waals surface area contributed by atoms with Gasteiger partial charge >= 0.3 is 0 Å². The van der Waals surface area contributed by atoms with Crippen molar-refractivity contribution in [3.63, 3.8) is 0 Å². The average molecular weight is 457 g/mol. The van der Waals surface area contributed by atoms with Crippen LogP contribution in [0.4, 0.5) is 10.2 Å². The predicted molar refractivity (Wildman–Crippen MR) is 122 cm³/mol. The SMILES string of the molecule is CC(C)[C@@H]1CCC(c2[nH]ncc2-c2cc(Cl)c3cnc(NC(=O)[C@@H]4C[C@@H]4F)cc3c2)OC1. The number of alkyl halides is 1. The van der Waals surface area contributed by atoms with E-state index in [1.165, 1.54) is 0 Å². The van der Waals surface area contributed by atoms with Crippen molar-refractivity contribution in [3.05, 3.63) is 41.3 Å². The van der Waals surface area contributed by atoms with Crippen molar-refractivity contribution in [1.29, 1.82) is 0 Å². The van der Waals surface area contributed by atoms with Crippen molar-refractivity contribution in [3.8, 4) is 11.1 Å². The van der Waals surface area contributed by atoms with Gasteiger partial charge in [0.15, 0.2) is 0 Å². The third-order valence-corrected chi connectivity index (χ3v) is 6.96. The summed E-state index contributed by atoms with van der Waals surface area (Å²) in [7, 11) is 0. The summed E-state index contributed by atoms with van der Waals surface area (Å²) in [5, 5.41) is 12.3. The van der Waals surface area contributed by atoms with Crippen molar-refractivity contribution in [2.45, 2.75) is 45.4 Å². The molecule has 0 spiro atoms. The minimum absolute atomic E-state index is 0.0311. The molecule has 2 fully saturated rings. The van der Waals surface area contributed by atoms with E-state index in [4.69, 9.17) is 16.3 Å². The average Bonchev–Trinajstić information content (AvgIpc) is 3.31. The topological polar surface area (TPSA) is 79.9 Å². The highest BCUT2D eigenvalue weighted by atomic mass is 35.5. The number of nitrogens with one attached hydrogen (secondary N) is 2. The first-order valence-electron chi connectivity index (χ1n) is 11.1. The first-order chi connectivity index (χ1) is 15.4. The summed E-state index contributed by atoms with van der Waals surface area (Å²) >= 11 is 6.57. The van der Waals surface area contributed by atoms with E-state index in [0.717, 1.165) is 47.0 Å². The molecule has 2 aromatic heterocycles. The Bertz CT molecular complexity index is 1160. The fraction of sp³-hybridized carbons (Fsp3) is 0.458. The number of anilines is 1. The van der Waals surface area contributed by atoms with Crippen LogP contribution in [0.3, 0.4) is 0 Å². The lowest BCUT2D eigenvalue weighted by Gasteiger charge is -2.31. The zero-order valence-electron chi connectivity index (χ0n) is 18.1. The highest BCUT2D eigenvalue weighted by Crippen LogP contribution is 2.39. The van der Waals surface area contributed by atoms with E-state index in [-0.39, 0.29) is 18.4 Å². The Labute approximate surface area is 190 Å². The molecule has 8 heteroatoms. The maximum atomic E-state index is 13.2. The third kappa shape index (κ3) is 4.11. The molecule has 4 atom stereocenters. The van der Waals surface area contributed by atoms with E-state index in [1.54, 1.807) is 18.5 Å². The second-order valence-electron chi connectivity index (χ2n) is 9.20. The number of hydrogen-bond acceptors (Lipinski definition) is 4. The molecule has 3 aromatic rings. The van der Waals surface area contributed by atoms with Gasteiger partial charge in [-0.1, -0.05) is 25.4 Å². The summed E-state index contributed by atoms with van der Waals surface area (Å²) in [6.07, 6.45) is 4.68. The molecule has 0 radical (unpaired) electrons. The quantitative estimate of drug-likeness (QED) is 0.516. The third-order valence-electron chi connectivity index (χ3n) is 6.64. The molecule has 1 aliphatic heterocycles. The molecule has 1 unspecified atom stereocenters. The highest BCUT2D eigenvalue weighted by Gasteiger charge is 2.43. The molecule has 3 heterocycles. The first-order valence-corrected chi connectivity index (χ1v) is 11.5. The second-order valence-corrected chi connectivity index (χ2v) is 9.60. The van der Waals surface area contributed by atoms with Crippen LogP contribution in [0.15, 0.2) is 30.6 Å². The van der Waals surface area contributed by atoms with Crippen molar-refractivity contribution >= 4 is 34.1 Å². The first kappa shape index (κ1) is 21.3. The summed E-state index contributed by atoms with van der Waals surface area (Å²) in [6, 6.07) is 5.67. The lowest BCUT2D eigenvalue weighted by molar-refractivity contribution is -0.117. The maximum absolute atomic E-state index is 13.2. The van der Waals surface area contributed by atoms with Gasteiger partial charge in [-0.3, -0.25) is 9.89 Å². The summed E-state index contributed by atoms with van der Waals surface area (Å²) < 4.78 is 19.4. The van der Waals surface area contributed by atoms with Crippen molar-refractivity contribution < 1.29 is 13.9 Å². The number of ether oxygens (including phenoxy) is 1. The number of carbonyl (C=O) groups is 1. The van der Waals surface area contributed by atoms with Crippen LogP contribution in [0.5, 0.6) is 0 Å². The molecular formula is C24H26ClFN4O2. The number of fused-ring (bicyclic) bond motifs is 1. The summed E-state index contributed by atoms with van der Waals surface area (Å²) in [4.78, 5) is 16.4. The molecular weight excluding hydrogens is 431 g/mol.